The third-order valence-corrected chi connectivity index (χ3v) is 3.46. The molecule has 1 amide bonds. The molecule has 112 valence electrons. The number of carbonyl (C=O) groups is 2. The highest BCUT2D eigenvalue weighted by Gasteiger charge is 2.31. The third kappa shape index (κ3) is 7.12. The van der Waals surface area contributed by atoms with Crippen LogP contribution < -0.4 is 5.73 Å². The van der Waals surface area contributed by atoms with Gasteiger partial charge >= 0.3 is 5.97 Å². The zero-order chi connectivity index (χ0) is 15.4. The molecule has 0 aliphatic heterocycles. The smallest absolute Gasteiger partial charge is 0.323 e. The van der Waals surface area contributed by atoms with Crippen LogP contribution in [0.2, 0.25) is 0 Å². The van der Waals surface area contributed by atoms with Crippen molar-refractivity contribution in [2.24, 2.45) is 5.73 Å². The van der Waals surface area contributed by atoms with Crippen LogP contribution in [-0.2, 0) is 19.4 Å². The number of hydrogen-bond donors (Lipinski definition) is 2. The van der Waals surface area contributed by atoms with E-state index in [2.05, 4.69) is 0 Å². The van der Waals surface area contributed by atoms with Gasteiger partial charge in [0.25, 0.3) is 0 Å². The van der Waals surface area contributed by atoms with Crippen molar-refractivity contribution in [3.05, 3.63) is 0 Å². The maximum atomic E-state index is 12.1. The van der Waals surface area contributed by atoms with Crippen LogP contribution in [0.25, 0.3) is 0 Å². The molecule has 0 saturated heterocycles. The number of nitrogens with two attached hydrogens (primary N) is 1. The van der Waals surface area contributed by atoms with E-state index in [-0.39, 0.29) is 12.2 Å². The Morgan fingerprint density at radius 3 is 2.11 bits per heavy atom. The molecule has 0 rings (SSSR count). The molecular formula is C11H22N2O5S. The number of carbonyl (C=O) groups excluding carboxylic acids is 1. The molecule has 19 heavy (non-hydrogen) atoms. The lowest BCUT2D eigenvalue weighted by Gasteiger charge is -2.36. The average molecular weight is 294 g/mol. The molecule has 0 aliphatic carbocycles. The van der Waals surface area contributed by atoms with Gasteiger partial charge in [-0.1, -0.05) is 0 Å². The number of carboxylic acid groups (broad SMARTS) is 1. The van der Waals surface area contributed by atoms with Crippen LogP contribution in [0.1, 0.15) is 27.2 Å². The monoisotopic (exact) mass is 294 g/mol. The summed E-state index contributed by atoms with van der Waals surface area (Å²) < 4.78 is 22.1. The zero-order valence-corrected chi connectivity index (χ0v) is 12.5. The minimum Gasteiger partial charge on any atom is -0.480 e. The molecule has 0 bridgehead atoms. The maximum Gasteiger partial charge on any atom is 0.323 e. The molecule has 0 saturated carbocycles. The SMILES string of the molecule is CC(C)(C)N(CC(=O)O)C(=O)C(N)CCS(C)(=O)=O. The van der Waals surface area contributed by atoms with E-state index < -0.39 is 39.8 Å². The molecular weight excluding hydrogens is 272 g/mol. The summed E-state index contributed by atoms with van der Waals surface area (Å²) in [6.45, 7) is 4.61. The fourth-order valence-corrected chi connectivity index (χ4v) is 2.13. The summed E-state index contributed by atoms with van der Waals surface area (Å²) in [6, 6.07) is -1.02. The van der Waals surface area contributed by atoms with Gasteiger partial charge in [0, 0.05) is 11.8 Å². The average Bonchev–Trinajstić information content (AvgIpc) is 2.18. The third-order valence-electron chi connectivity index (χ3n) is 2.49. The summed E-state index contributed by atoms with van der Waals surface area (Å²) >= 11 is 0. The van der Waals surface area contributed by atoms with Crippen molar-refractivity contribution in [2.45, 2.75) is 38.8 Å². The molecule has 3 N–H and O–H groups in total. The topological polar surface area (TPSA) is 118 Å². The first-order valence-corrected chi connectivity index (χ1v) is 7.87. The minimum absolute atomic E-state index is 0.0239. The fourth-order valence-electron chi connectivity index (χ4n) is 1.45. The van der Waals surface area contributed by atoms with E-state index in [0.717, 1.165) is 11.2 Å². The number of nitrogens with zero attached hydrogens (tertiary/aromatic N) is 1. The molecule has 0 spiro atoms. The van der Waals surface area contributed by atoms with Gasteiger partial charge in [0.15, 0.2) is 0 Å². The fraction of sp³-hybridized carbons (Fsp3) is 0.818. The van der Waals surface area contributed by atoms with Gasteiger partial charge in [0.2, 0.25) is 5.91 Å². The van der Waals surface area contributed by atoms with E-state index in [1.54, 1.807) is 20.8 Å². The molecule has 0 aliphatic rings. The highest BCUT2D eigenvalue weighted by molar-refractivity contribution is 7.90. The quantitative estimate of drug-likeness (QED) is 0.679. The van der Waals surface area contributed by atoms with Crippen molar-refractivity contribution in [3.8, 4) is 0 Å². The zero-order valence-electron chi connectivity index (χ0n) is 11.7. The van der Waals surface area contributed by atoms with Crippen molar-refractivity contribution < 1.29 is 23.1 Å². The largest absolute Gasteiger partial charge is 0.480 e. The maximum absolute atomic E-state index is 12.1. The second-order valence-corrected chi connectivity index (χ2v) is 7.77. The van der Waals surface area contributed by atoms with Crippen LogP contribution in [0.5, 0.6) is 0 Å². The van der Waals surface area contributed by atoms with E-state index in [9.17, 15) is 18.0 Å². The Kier molecular flexibility index (Phi) is 5.95. The van der Waals surface area contributed by atoms with Crippen molar-refractivity contribution in [3.63, 3.8) is 0 Å². The van der Waals surface area contributed by atoms with Crippen LogP contribution in [0.4, 0.5) is 0 Å². The van der Waals surface area contributed by atoms with Gasteiger partial charge in [-0.3, -0.25) is 9.59 Å². The molecule has 0 aromatic rings. The van der Waals surface area contributed by atoms with Crippen molar-refractivity contribution in [2.75, 3.05) is 18.6 Å². The molecule has 1 unspecified atom stereocenters. The summed E-state index contributed by atoms with van der Waals surface area (Å²) in [7, 11) is -3.20. The standard InChI is InChI=1S/C11H22N2O5S/c1-11(2,3)13(7-9(14)15)10(16)8(12)5-6-19(4,17)18/h8H,5-7,12H2,1-4H3,(H,14,15). The second kappa shape index (κ2) is 6.33. The first-order valence-electron chi connectivity index (χ1n) is 5.81. The van der Waals surface area contributed by atoms with Gasteiger partial charge in [-0.25, -0.2) is 8.42 Å². The molecule has 0 heterocycles. The van der Waals surface area contributed by atoms with Crippen molar-refractivity contribution in [1.82, 2.24) is 4.90 Å². The Labute approximate surface area is 113 Å². The lowest BCUT2D eigenvalue weighted by Crippen LogP contribution is -2.54. The van der Waals surface area contributed by atoms with Gasteiger partial charge < -0.3 is 15.7 Å². The summed E-state index contributed by atoms with van der Waals surface area (Å²) in [5.41, 5.74) is 4.95. The number of amides is 1. The summed E-state index contributed by atoms with van der Waals surface area (Å²) in [4.78, 5) is 24.0. The van der Waals surface area contributed by atoms with Crippen LogP contribution in [0.3, 0.4) is 0 Å². The van der Waals surface area contributed by atoms with Crippen molar-refractivity contribution >= 4 is 21.7 Å². The molecule has 0 aromatic carbocycles. The van der Waals surface area contributed by atoms with Gasteiger partial charge in [0.05, 0.1) is 11.8 Å². The van der Waals surface area contributed by atoms with Gasteiger partial charge in [0.1, 0.15) is 16.4 Å². The summed E-state index contributed by atoms with van der Waals surface area (Å²) in [5, 5.41) is 8.81. The van der Waals surface area contributed by atoms with E-state index in [1.807, 2.05) is 0 Å². The summed E-state index contributed by atoms with van der Waals surface area (Å²) in [5.74, 6) is -1.90. The lowest BCUT2D eigenvalue weighted by molar-refractivity contribution is -0.149. The Bertz CT molecular complexity index is 438. The first kappa shape index (κ1) is 17.8. The van der Waals surface area contributed by atoms with E-state index >= 15 is 0 Å². The number of hydrogen-bond acceptors (Lipinski definition) is 5. The Balaban J connectivity index is 4.85. The van der Waals surface area contributed by atoms with E-state index in [4.69, 9.17) is 10.8 Å². The van der Waals surface area contributed by atoms with E-state index in [0.29, 0.717) is 0 Å². The molecule has 0 fully saturated rings. The number of aliphatic carboxylic acids is 1. The number of carboxylic acids is 1. The van der Waals surface area contributed by atoms with Crippen LogP contribution in [0, 0.1) is 0 Å². The molecule has 8 heteroatoms. The molecule has 0 radical (unpaired) electrons. The predicted molar refractivity (Wildman–Crippen MR) is 71.4 cm³/mol. The van der Waals surface area contributed by atoms with E-state index in [1.165, 1.54) is 0 Å². The molecule has 7 nitrogen and oxygen atoms in total. The second-order valence-electron chi connectivity index (χ2n) is 5.51. The van der Waals surface area contributed by atoms with Crippen molar-refractivity contribution in [1.29, 1.82) is 0 Å². The first-order chi connectivity index (χ1) is 8.34. The Morgan fingerprint density at radius 1 is 1.32 bits per heavy atom. The minimum atomic E-state index is -3.20. The molecule has 0 aromatic heterocycles. The van der Waals surface area contributed by atoms with Gasteiger partial charge in [-0.2, -0.15) is 0 Å². The Morgan fingerprint density at radius 2 is 1.79 bits per heavy atom. The lowest BCUT2D eigenvalue weighted by atomic mass is 10.0. The summed E-state index contributed by atoms with van der Waals surface area (Å²) in [6.07, 6.45) is 1.03. The Hall–Kier alpha value is -1.15. The highest BCUT2D eigenvalue weighted by atomic mass is 32.2. The van der Waals surface area contributed by atoms with Crippen LogP contribution in [-0.4, -0.2) is 60.4 Å². The molecule has 1 atom stereocenters. The highest BCUT2D eigenvalue weighted by Crippen LogP contribution is 2.15. The number of sulfone groups is 1. The normalized spacial score (nSPS) is 13.9. The van der Waals surface area contributed by atoms with Crippen LogP contribution >= 0.6 is 0 Å². The van der Waals surface area contributed by atoms with Gasteiger partial charge in [-0.15, -0.1) is 0 Å². The number of rotatable bonds is 6. The predicted octanol–water partition coefficient (Wildman–Crippen LogP) is -0.540. The van der Waals surface area contributed by atoms with Gasteiger partial charge in [-0.05, 0) is 27.2 Å². The van der Waals surface area contributed by atoms with Crippen LogP contribution in [0.15, 0.2) is 0 Å².